The number of rotatable bonds is 5. The number of carbonyl (C=O) groups is 1. The average Bonchev–Trinajstić information content (AvgIpc) is 3.01. The maximum absolute atomic E-state index is 11.1. The van der Waals surface area contributed by atoms with E-state index in [9.17, 15) is 4.79 Å². The molecule has 5 N–H and O–H groups in total. The molecule has 0 saturated carbocycles. The molecule has 3 aromatic rings. The molecular formula is C17H14Cl2N4OS. The van der Waals surface area contributed by atoms with Gasteiger partial charge >= 0.3 is 0 Å². The van der Waals surface area contributed by atoms with Crippen LogP contribution >= 0.6 is 35.0 Å². The number of aromatic nitrogens is 2. The largest absolute Gasteiger partial charge is 0.398 e. The number of amides is 1. The Labute approximate surface area is 158 Å². The first-order chi connectivity index (χ1) is 11.9. The lowest BCUT2D eigenvalue weighted by molar-refractivity contribution is 0.0996. The monoisotopic (exact) mass is 392 g/mol. The van der Waals surface area contributed by atoms with Gasteiger partial charge in [0, 0.05) is 28.2 Å². The molecule has 0 aliphatic rings. The summed E-state index contributed by atoms with van der Waals surface area (Å²) in [5, 5.41) is 1.23. The second kappa shape index (κ2) is 7.39. The van der Waals surface area contributed by atoms with Crippen molar-refractivity contribution in [2.24, 2.45) is 5.73 Å². The van der Waals surface area contributed by atoms with Gasteiger partial charge < -0.3 is 16.5 Å². The van der Waals surface area contributed by atoms with Crippen LogP contribution in [0.25, 0.3) is 0 Å². The van der Waals surface area contributed by atoms with Crippen LogP contribution in [-0.2, 0) is 6.42 Å². The Kier molecular flexibility index (Phi) is 5.22. The third kappa shape index (κ3) is 4.28. The van der Waals surface area contributed by atoms with Crippen LogP contribution in [0.5, 0.6) is 0 Å². The Hall–Kier alpha value is -2.15. The third-order valence-electron chi connectivity index (χ3n) is 3.42. The molecule has 1 amide bonds. The first kappa shape index (κ1) is 17.7. The summed E-state index contributed by atoms with van der Waals surface area (Å²) in [6.45, 7) is 0. The summed E-state index contributed by atoms with van der Waals surface area (Å²) < 4.78 is 0. The fourth-order valence-electron chi connectivity index (χ4n) is 2.28. The summed E-state index contributed by atoms with van der Waals surface area (Å²) in [6.07, 6.45) is 1.94. The van der Waals surface area contributed by atoms with E-state index < -0.39 is 5.91 Å². The SMILES string of the molecule is NC(=O)c1c[nH]c(Cc2cc(N)c(Sc3ccc(Cl)cc3)c(Cl)c2)n1. The highest BCUT2D eigenvalue weighted by molar-refractivity contribution is 7.99. The van der Waals surface area contributed by atoms with E-state index in [0.29, 0.717) is 28.0 Å². The molecule has 5 nitrogen and oxygen atoms in total. The summed E-state index contributed by atoms with van der Waals surface area (Å²) in [6, 6.07) is 11.1. The number of benzene rings is 2. The third-order valence-corrected chi connectivity index (χ3v) is 5.25. The van der Waals surface area contributed by atoms with Crippen LogP contribution in [-0.4, -0.2) is 15.9 Å². The molecule has 0 unspecified atom stereocenters. The van der Waals surface area contributed by atoms with Crippen molar-refractivity contribution in [2.45, 2.75) is 16.2 Å². The lowest BCUT2D eigenvalue weighted by atomic mass is 10.1. The number of hydrogen-bond donors (Lipinski definition) is 3. The van der Waals surface area contributed by atoms with E-state index in [0.717, 1.165) is 15.4 Å². The van der Waals surface area contributed by atoms with Crippen LogP contribution in [0.15, 0.2) is 52.4 Å². The molecule has 128 valence electrons. The van der Waals surface area contributed by atoms with Crippen molar-refractivity contribution >= 4 is 46.6 Å². The molecule has 0 radical (unpaired) electrons. The first-order valence-electron chi connectivity index (χ1n) is 7.28. The molecule has 0 bridgehead atoms. The van der Waals surface area contributed by atoms with Gasteiger partial charge in [-0.2, -0.15) is 0 Å². The number of H-pyrrole nitrogens is 1. The highest BCUT2D eigenvalue weighted by atomic mass is 35.5. The molecule has 0 aliphatic carbocycles. The highest BCUT2D eigenvalue weighted by Crippen LogP contribution is 2.39. The lowest BCUT2D eigenvalue weighted by Gasteiger charge is -2.10. The Balaban J connectivity index is 1.81. The predicted molar refractivity (Wildman–Crippen MR) is 101 cm³/mol. The van der Waals surface area contributed by atoms with E-state index in [2.05, 4.69) is 9.97 Å². The highest BCUT2D eigenvalue weighted by Gasteiger charge is 2.12. The molecular weight excluding hydrogens is 379 g/mol. The second-order valence-electron chi connectivity index (χ2n) is 5.33. The van der Waals surface area contributed by atoms with Crippen LogP contribution in [0, 0.1) is 0 Å². The maximum atomic E-state index is 11.1. The van der Waals surface area contributed by atoms with Crippen molar-refractivity contribution in [1.29, 1.82) is 0 Å². The predicted octanol–water partition coefficient (Wildman–Crippen LogP) is 4.14. The zero-order valence-electron chi connectivity index (χ0n) is 12.9. The van der Waals surface area contributed by atoms with Gasteiger partial charge in [0.05, 0.1) is 9.92 Å². The smallest absolute Gasteiger partial charge is 0.268 e. The zero-order chi connectivity index (χ0) is 18.0. The van der Waals surface area contributed by atoms with E-state index >= 15 is 0 Å². The number of imidazole rings is 1. The summed E-state index contributed by atoms with van der Waals surface area (Å²) in [7, 11) is 0. The normalized spacial score (nSPS) is 10.8. The maximum Gasteiger partial charge on any atom is 0.268 e. The molecule has 0 saturated heterocycles. The van der Waals surface area contributed by atoms with Crippen LogP contribution in [0.2, 0.25) is 10.0 Å². The van der Waals surface area contributed by atoms with Crippen LogP contribution in [0.3, 0.4) is 0 Å². The Morgan fingerprint density at radius 1 is 1.20 bits per heavy atom. The number of primary amides is 1. The fraction of sp³-hybridized carbons (Fsp3) is 0.0588. The van der Waals surface area contributed by atoms with E-state index in [1.165, 1.54) is 18.0 Å². The molecule has 3 rings (SSSR count). The molecule has 25 heavy (non-hydrogen) atoms. The van der Waals surface area contributed by atoms with Crippen molar-refractivity contribution in [1.82, 2.24) is 9.97 Å². The van der Waals surface area contributed by atoms with Crippen LogP contribution < -0.4 is 11.5 Å². The topological polar surface area (TPSA) is 97.8 Å². The number of nitrogens with two attached hydrogens (primary N) is 2. The van der Waals surface area contributed by atoms with Gasteiger partial charge in [-0.05, 0) is 42.0 Å². The molecule has 1 heterocycles. The van der Waals surface area contributed by atoms with Gasteiger partial charge in [0.25, 0.3) is 5.91 Å². The van der Waals surface area contributed by atoms with Gasteiger partial charge in [-0.15, -0.1) is 0 Å². The van der Waals surface area contributed by atoms with Gasteiger partial charge in [-0.3, -0.25) is 4.79 Å². The summed E-state index contributed by atoms with van der Waals surface area (Å²) in [5.74, 6) is 0.0390. The number of nitrogen functional groups attached to an aromatic ring is 1. The standard InChI is InChI=1S/C17H14Cl2N4OS/c18-10-1-3-11(4-2-10)25-16-12(19)5-9(6-13(16)20)7-15-22-8-14(23-15)17(21)24/h1-6,8H,7,20H2,(H2,21,24)(H,22,23). The number of halogens is 2. The molecule has 8 heteroatoms. The molecule has 0 fully saturated rings. The minimum atomic E-state index is -0.574. The molecule has 2 aromatic carbocycles. The summed E-state index contributed by atoms with van der Waals surface area (Å²) in [4.78, 5) is 19.9. The van der Waals surface area contributed by atoms with E-state index in [1.54, 1.807) is 0 Å². The van der Waals surface area contributed by atoms with E-state index in [4.69, 9.17) is 34.7 Å². The van der Waals surface area contributed by atoms with Gasteiger partial charge in [0.15, 0.2) is 0 Å². The number of hydrogen-bond acceptors (Lipinski definition) is 4. The minimum absolute atomic E-state index is 0.198. The van der Waals surface area contributed by atoms with Gasteiger partial charge in [-0.25, -0.2) is 4.98 Å². The van der Waals surface area contributed by atoms with Crippen LogP contribution in [0.4, 0.5) is 5.69 Å². The summed E-state index contributed by atoms with van der Waals surface area (Å²) in [5.41, 5.74) is 13.0. The Morgan fingerprint density at radius 2 is 1.92 bits per heavy atom. The van der Waals surface area contributed by atoms with Crippen LogP contribution in [0.1, 0.15) is 21.9 Å². The summed E-state index contributed by atoms with van der Waals surface area (Å²) >= 11 is 13.8. The van der Waals surface area contributed by atoms with Gasteiger partial charge in [-0.1, -0.05) is 35.0 Å². The molecule has 0 aliphatic heterocycles. The first-order valence-corrected chi connectivity index (χ1v) is 8.85. The molecule has 1 aromatic heterocycles. The minimum Gasteiger partial charge on any atom is -0.398 e. The number of carbonyl (C=O) groups excluding carboxylic acids is 1. The zero-order valence-corrected chi connectivity index (χ0v) is 15.3. The molecule has 0 spiro atoms. The fourth-order valence-corrected chi connectivity index (χ4v) is 3.61. The Morgan fingerprint density at radius 3 is 2.52 bits per heavy atom. The average molecular weight is 393 g/mol. The second-order valence-corrected chi connectivity index (χ2v) is 7.25. The van der Waals surface area contributed by atoms with Crippen molar-refractivity contribution in [3.63, 3.8) is 0 Å². The van der Waals surface area contributed by atoms with Crippen molar-refractivity contribution in [3.05, 3.63) is 69.7 Å². The number of anilines is 1. The lowest BCUT2D eigenvalue weighted by Crippen LogP contribution is -2.11. The van der Waals surface area contributed by atoms with Crippen molar-refractivity contribution < 1.29 is 4.79 Å². The van der Waals surface area contributed by atoms with E-state index in [1.807, 2.05) is 36.4 Å². The Bertz CT molecular complexity index is 902. The van der Waals surface area contributed by atoms with E-state index in [-0.39, 0.29) is 5.69 Å². The number of nitrogens with one attached hydrogen (secondary N) is 1. The van der Waals surface area contributed by atoms with Gasteiger partial charge in [0.2, 0.25) is 0 Å². The number of nitrogens with zero attached hydrogens (tertiary/aromatic N) is 1. The van der Waals surface area contributed by atoms with Crippen molar-refractivity contribution in [3.8, 4) is 0 Å². The molecule has 0 atom stereocenters. The van der Waals surface area contributed by atoms with Gasteiger partial charge in [0.1, 0.15) is 11.5 Å². The van der Waals surface area contributed by atoms with Crippen molar-refractivity contribution in [2.75, 3.05) is 5.73 Å². The number of aromatic amines is 1. The quantitative estimate of drug-likeness (QED) is 0.568.